The molecular weight excluding hydrogens is 345 g/mol. The minimum absolute atomic E-state index is 0.0269. The number of carbonyl (C=O) groups is 2. The van der Waals surface area contributed by atoms with Crippen LogP contribution in [0.5, 0.6) is 0 Å². The lowest BCUT2D eigenvalue weighted by atomic mass is 9.83. The van der Waals surface area contributed by atoms with Gasteiger partial charge in [-0.1, -0.05) is 6.42 Å². The second-order valence-electron chi connectivity index (χ2n) is 8.13. The van der Waals surface area contributed by atoms with Crippen molar-refractivity contribution >= 4 is 17.5 Å². The SMILES string of the molecule is O=C(NCC1CCCN2CCCCC12)C1CC(=O)N(c2ccc(F)cc2)C1. The van der Waals surface area contributed by atoms with Gasteiger partial charge in [0.05, 0.1) is 5.92 Å². The average molecular weight is 373 g/mol. The maximum atomic E-state index is 13.1. The maximum Gasteiger partial charge on any atom is 0.227 e. The summed E-state index contributed by atoms with van der Waals surface area (Å²) in [5, 5.41) is 3.12. The van der Waals surface area contributed by atoms with Gasteiger partial charge in [-0.3, -0.25) is 9.59 Å². The number of carbonyl (C=O) groups excluding carboxylic acids is 2. The van der Waals surface area contributed by atoms with Crippen LogP contribution in [0.25, 0.3) is 0 Å². The first-order valence-corrected chi connectivity index (χ1v) is 10.2. The molecule has 3 aliphatic heterocycles. The largest absolute Gasteiger partial charge is 0.355 e. The molecule has 3 atom stereocenters. The molecule has 1 N–H and O–H groups in total. The van der Waals surface area contributed by atoms with E-state index in [2.05, 4.69) is 10.2 Å². The molecule has 3 heterocycles. The summed E-state index contributed by atoms with van der Waals surface area (Å²) in [4.78, 5) is 29.2. The summed E-state index contributed by atoms with van der Waals surface area (Å²) in [6.07, 6.45) is 6.42. The van der Waals surface area contributed by atoms with Gasteiger partial charge in [0.15, 0.2) is 0 Å². The number of hydrogen-bond donors (Lipinski definition) is 1. The Hall–Kier alpha value is -1.95. The number of hydrogen-bond acceptors (Lipinski definition) is 3. The number of anilines is 1. The van der Waals surface area contributed by atoms with Crippen LogP contribution in [0.4, 0.5) is 10.1 Å². The van der Waals surface area contributed by atoms with Gasteiger partial charge in [0, 0.05) is 31.2 Å². The van der Waals surface area contributed by atoms with Gasteiger partial charge in [-0.15, -0.1) is 0 Å². The van der Waals surface area contributed by atoms with Gasteiger partial charge in [0.1, 0.15) is 5.82 Å². The van der Waals surface area contributed by atoms with Gasteiger partial charge in [0.25, 0.3) is 0 Å². The third-order valence-electron chi connectivity index (χ3n) is 6.40. The molecule has 3 fully saturated rings. The monoisotopic (exact) mass is 373 g/mol. The van der Waals surface area contributed by atoms with Crippen LogP contribution in [0.15, 0.2) is 24.3 Å². The molecule has 2 amide bonds. The van der Waals surface area contributed by atoms with Gasteiger partial charge in [-0.25, -0.2) is 4.39 Å². The van der Waals surface area contributed by atoms with E-state index in [0.717, 1.165) is 0 Å². The van der Waals surface area contributed by atoms with Crippen molar-refractivity contribution in [3.63, 3.8) is 0 Å². The zero-order chi connectivity index (χ0) is 18.8. The van der Waals surface area contributed by atoms with E-state index in [-0.39, 0.29) is 30.0 Å². The van der Waals surface area contributed by atoms with Crippen LogP contribution in [0.1, 0.15) is 38.5 Å². The van der Waals surface area contributed by atoms with E-state index < -0.39 is 0 Å². The van der Waals surface area contributed by atoms with Crippen molar-refractivity contribution in [3.8, 4) is 0 Å². The highest BCUT2D eigenvalue weighted by Crippen LogP contribution is 2.31. The van der Waals surface area contributed by atoms with Gasteiger partial charge in [-0.05, 0) is 69.0 Å². The summed E-state index contributed by atoms with van der Waals surface area (Å²) in [6.45, 7) is 3.47. The molecule has 4 rings (SSSR count). The van der Waals surface area contributed by atoms with E-state index in [4.69, 9.17) is 0 Å². The molecule has 0 bridgehead atoms. The summed E-state index contributed by atoms with van der Waals surface area (Å²) in [6, 6.07) is 6.47. The third-order valence-corrected chi connectivity index (χ3v) is 6.40. The number of benzene rings is 1. The molecule has 1 aromatic carbocycles. The molecule has 27 heavy (non-hydrogen) atoms. The molecule has 3 unspecified atom stereocenters. The van der Waals surface area contributed by atoms with Crippen LogP contribution in [0.2, 0.25) is 0 Å². The summed E-state index contributed by atoms with van der Waals surface area (Å²) in [7, 11) is 0. The molecule has 6 heteroatoms. The Morgan fingerprint density at radius 1 is 1.11 bits per heavy atom. The predicted octanol–water partition coefficient (Wildman–Crippen LogP) is 2.56. The second-order valence-corrected chi connectivity index (χ2v) is 8.13. The van der Waals surface area contributed by atoms with Gasteiger partial charge in [-0.2, -0.15) is 0 Å². The molecule has 5 nitrogen and oxygen atoms in total. The highest BCUT2D eigenvalue weighted by Gasteiger charge is 2.37. The molecule has 1 aromatic rings. The van der Waals surface area contributed by atoms with Gasteiger partial charge in [0.2, 0.25) is 11.8 Å². The number of rotatable bonds is 4. The van der Waals surface area contributed by atoms with Crippen molar-refractivity contribution in [1.82, 2.24) is 10.2 Å². The smallest absolute Gasteiger partial charge is 0.227 e. The molecule has 0 saturated carbocycles. The molecule has 0 spiro atoms. The lowest BCUT2D eigenvalue weighted by molar-refractivity contribution is -0.126. The standard InChI is InChI=1S/C21H28FN3O2/c22-17-6-8-18(9-7-17)25-14-16(12-20(25)26)21(27)23-13-15-4-3-11-24-10-2-1-5-19(15)24/h6-9,15-16,19H,1-5,10-14H2,(H,23,27). The lowest BCUT2D eigenvalue weighted by Crippen LogP contribution is -2.51. The van der Waals surface area contributed by atoms with Crippen molar-refractivity contribution in [3.05, 3.63) is 30.1 Å². The third kappa shape index (κ3) is 4.00. The molecule has 0 aliphatic carbocycles. The Morgan fingerprint density at radius 3 is 2.70 bits per heavy atom. The normalized spacial score (nSPS) is 28.9. The van der Waals surface area contributed by atoms with E-state index in [9.17, 15) is 14.0 Å². The Kier molecular flexibility index (Phi) is 5.43. The summed E-state index contributed by atoms with van der Waals surface area (Å²) in [5.41, 5.74) is 0.654. The zero-order valence-electron chi connectivity index (χ0n) is 15.7. The van der Waals surface area contributed by atoms with Crippen LogP contribution < -0.4 is 10.2 Å². The highest BCUT2D eigenvalue weighted by atomic mass is 19.1. The number of nitrogens with one attached hydrogen (secondary N) is 1. The summed E-state index contributed by atoms with van der Waals surface area (Å²) in [5.74, 6) is -0.232. The first kappa shape index (κ1) is 18.4. The zero-order valence-corrected chi connectivity index (χ0v) is 15.7. The fraction of sp³-hybridized carbons (Fsp3) is 0.619. The minimum Gasteiger partial charge on any atom is -0.355 e. The molecule has 3 saturated heterocycles. The predicted molar refractivity (Wildman–Crippen MR) is 102 cm³/mol. The number of fused-ring (bicyclic) bond motifs is 1. The van der Waals surface area contributed by atoms with Crippen LogP contribution >= 0.6 is 0 Å². The van der Waals surface area contributed by atoms with Crippen molar-refractivity contribution in [2.24, 2.45) is 11.8 Å². The number of nitrogens with zero attached hydrogens (tertiary/aromatic N) is 2. The van der Waals surface area contributed by atoms with Crippen LogP contribution in [-0.2, 0) is 9.59 Å². The number of halogens is 1. The first-order chi connectivity index (χ1) is 13.1. The summed E-state index contributed by atoms with van der Waals surface area (Å²) < 4.78 is 13.1. The topological polar surface area (TPSA) is 52.7 Å². The fourth-order valence-corrected chi connectivity index (χ4v) is 4.95. The van der Waals surface area contributed by atoms with Crippen molar-refractivity contribution < 1.29 is 14.0 Å². The molecule has 146 valence electrons. The van der Waals surface area contributed by atoms with Gasteiger partial charge >= 0.3 is 0 Å². The Morgan fingerprint density at radius 2 is 1.89 bits per heavy atom. The average Bonchev–Trinajstić information content (AvgIpc) is 3.08. The van der Waals surface area contributed by atoms with Crippen LogP contribution in [0, 0.1) is 17.7 Å². The molecular formula is C21H28FN3O2. The van der Waals surface area contributed by atoms with Crippen molar-refractivity contribution in [2.45, 2.75) is 44.6 Å². The number of piperidine rings is 2. The maximum absolute atomic E-state index is 13.1. The van der Waals surface area contributed by atoms with Gasteiger partial charge < -0.3 is 15.1 Å². The summed E-state index contributed by atoms with van der Waals surface area (Å²) >= 11 is 0. The Bertz CT molecular complexity index is 691. The molecule has 0 aromatic heterocycles. The van der Waals surface area contributed by atoms with E-state index >= 15 is 0 Å². The van der Waals surface area contributed by atoms with E-state index in [1.807, 2.05) is 0 Å². The van der Waals surface area contributed by atoms with Crippen LogP contribution in [-0.4, -0.2) is 48.9 Å². The Balaban J connectivity index is 1.32. The van der Waals surface area contributed by atoms with E-state index in [1.54, 1.807) is 17.0 Å². The molecule has 0 radical (unpaired) electrons. The Labute approximate surface area is 159 Å². The second kappa shape index (κ2) is 7.97. The first-order valence-electron chi connectivity index (χ1n) is 10.2. The number of amides is 2. The van der Waals surface area contributed by atoms with Crippen molar-refractivity contribution in [1.29, 1.82) is 0 Å². The fourth-order valence-electron chi connectivity index (χ4n) is 4.95. The quantitative estimate of drug-likeness (QED) is 0.883. The molecule has 3 aliphatic rings. The highest BCUT2D eigenvalue weighted by molar-refractivity contribution is 6.00. The van der Waals surface area contributed by atoms with Crippen molar-refractivity contribution in [2.75, 3.05) is 31.1 Å². The van der Waals surface area contributed by atoms with E-state index in [1.165, 1.54) is 57.3 Å². The van der Waals surface area contributed by atoms with E-state index in [0.29, 0.717) is 30.7 Å². The minimum atomic E-state index is -0.330. The lowest BCUT2D eigenvalue weighted by Gasteiger charge is -2.44. The van der Waals surface area contributed by atoms with Crippen LogP contribution in [0.3, 0.4) is 0 Å².